The van der Waals surface area contributed by atoms with Gasteiger partial charge in [-0.1, -0.05) is 42.5 Å². The number of carbonyl (C=O) groups excluding carboxylic acids is 1. The fourth-order valence-electron chi connectivity index (χ4n) is 1.97. The van der Waals surface area contributed by atoms with Crippen LogP contribution in [0.25, 0.3) is 0 Å². The number of alkyl halides is 3. The Hall–Kier alpha value is -2.50. The number of hydrogen-bond donors (Lipinski definition) is 2. The minimum Gasteiger partial charge on any atom is -0.338 e. The van der Waals surface area contributed by atoms with E-state index < -0.39 is 17.8 Å². The van der Waals surface area contributed by atoms with E-state index in [2.05, 4.69) is 10.6 Å². The molecule has 0 bridgehead atoms. The number of rotatable bonds is 4. The van der Waals surface area contributed by atoms with E-state index in [0.29, 0.717) is 13.0 Å². The van der Waals surface area contributed by atoms with E-state index in [-0.39, 0.29) is 5.69 Å². The molecule has 116 valence electrons. The standard InChI is InChI=1S/C16H15F3N2O/c17-16(18,19)13-8-4-5-9-14(13)21-15(22)20-11-10-12-6-2-1-3-7-12/h1-9H,10-11H2,(H2,20,21,22). The molecule has 0 atom stereocenters. The van der Waals surface area contributed by atoms with Crippen molar-refractivity contribution in [2.24, 2.45) is 0 Å². The Kier molecular flexibility index (Phi) is 5.04. The third-order valence-corrected chi connectivity index (χ3v) is 3.02. The lowest BCUT2D eigenvalue weighted by Gasteiger charge is -2.14. The van der Waals surface area contributed by atoms with Crippen molar-refractivity contribution in [1.82, 2.24) is 5.32 Å². The Morgan fingerprint density at radius 2 is 1.59 bits per heavy atom. The number of benzene rings is 2. The second-order valence-electron chi connectivity index (χ2n) is 4.66. The van der Waals surface area contributed by atoms with Crippen LogP contribution in [-0.2, 0) is 12.6 Å². The lowest BCUT2D eigenvalue weighted by atomic mass is 10.1. The summed E-state index contributed by atoms with van der Waals surface area (Å²) in [5.74, 6) is 0. The molecule has 0 fully saturated rings. The van der Waals surface area contributed by atoms with Crippen LogP contribution >= 0.6 is 0 Å². The molecule has 2 aromatic carbocycles. The van der Waals surface area contributed by atoms with Crippen molar-refractivity contribution in [3.8, 4) is 0 Å². The van der Waals surface area contributed by atoms with Gasteiger partial charge in [-0.25, -0.2) is 4.79 Å². The molecule has 0 aliphatic heterocycles. The van der Waals surface area contributed by atoms with Crippen LogP contribution < -0.4 is 10.6 Å². The SMILES string of the molecule is O=C(NCCc1ccccc1)Nc1ccccc1C(F)(F)F. The van der Waals surface area contributed by atoms with Crippen LogP contribution in [0.2, 0.25) is 0 Å². The third-order valence-electron chi connectivity index (χ3n) is 3.02. The van der Waals surface area contributed by atoms with Gasteiger partial charge in [0.15, 0.2) is 0 Å². The summed E-state index contributed by atoms with van der Waals surface area (Å²) in [6.45, 7) is 0.337. The van der Waals surface area contributed by atoms with E-state index in [0.717, 1.165) is 11.6 Å². The molecule has 0 aliphatic carbocycles. The first-order valence-corrected chi connectivity index (χ1v) is 6.72. The third kappa shape index (κ3) is 4.51. The summed E-state index contributed by atoms with van der Waals surface area (Å²) in [6.07, 6.45) is -3.90. The van der Waals surface area contributed by atoms with Crippen LogP contribution in [0.4, 0.5) is 23.7 Å². The normalized spacial score (nSPS) is 11.0. The highest BCUT2D eigenvalue weighted by atomic mass is 19.4. The minimum absolute atomic E-state index is 0.257. The zero-order chi connectivity index (χ0) is 16.0. The fourth-order valence-corrected chi connectivity index (χ4v) is 1.97. The van der Waals surface area contributed by atoms with Gasteiger partial charge in [0.2, 0.25) is 0 Å². The van der Waals surface area contributed by atoms with Crippen LogP contribution in [-0.4, -0.2) is 12.6 Å². The molecule has 2 rings (SSSR count). The van der Waals surface area contributed by atoms with Gasteiger partial charge in [-0.2, -0.15) is 13.2 Å². The van der Waals surface area contributed by atoms with E-state index in [9.17, 15) is 18.0 Å². The zero-order valence-electron chi connectivity index (χ0n) is 11.7. The van der Waals surface area contributed by atoms with Gasteiger partial charge in [0.1, 0.15) is 0 Å². The number of anilines is 1. The first kappa shape index (κ1) is 15.9. The van der Waals surface area contributed by atoms with Crippen molar-refractivity contribution < 1.29 is 18.0 Å². The molecule has 0 heterocycles. The van der Waals surface area contributed by atoms with Gasteiger partial charge in [-0.15, -0.1) is 0 Å². The van der Waals surface area contributed by atoms with E-state index in [1.165, 1.54) is 18.2 Å². The Balaban J connectivity index is 1.90. The van der Waals surface area contributed by atoms with E-state index in [4.69, 9.17) is 0 Å². The van der Waals surface area contributed by atoms with Gasteiger partial charge in [-0.05, 0) is 24.1 Å². The quantitative estimate of drug-likeness (QED) is 0.878. The highest BCUT2D eigenvalue weighted by molar-refractivity contribution is 5.90. The molecule has 22 heavy (non-hydrogen) atoms. The molecule has 0 aliphatic rings. The topological polar surface area (TPSA) is 41.1 Å². The molecule has 0 saturated heterocycles. The second kappa shape index (κ2) is 6.98. The number of carbonyl (C=O) groups is 1. The lowest BCUT2D eigenvalue weighted by molar-refractivity contribution is -0.136. The highest BCUT2D eigenvalue weighted by Crippen LogP contribution is 2.34. The molecule has 0 saturated carbocycles. The molecule has 2 aromatic rings. The van der Waals surface area contributed by atoms with Gasteiger partial charge < -0.3 is 10.6 Å². The number of hydrogen-bond acceptors (Lipinski definition) is 1. The molecule has 0 aromatic heterocycles. The van der Waals surface area contributed by atoms with Gasteiger partial charge in [0.25, 0.3) is 0 Å². The zero-order valence-corrected chi connectivity index (χ0v) is 11.7. The summed E-state index contributed by atoms with van der Waals surface area (Å²) in [5.41, 5.74) is -0.0843. The molecule has 0 spiro atoms. The molecule has 0 unspecified atom stereocenters. The van der Waals surface area contributed by atoms with Crippen LogP contribution in [0.1, 0.15) is 11.1 Å². The molecule has 0 radical (unpaired) electrons. The molecule has 3 nitrogen and oxygen atoms in total. The predicted molar refractivity (Wildman–Crippen MR) is 78.6 cm³/mol. The maximum Gasteiger partial charge on any atom is 0.418 e. The summed E-state index contributed by atoms with van der Waals surface area (Å²) in [6, 6.07) is 13.7. The van der Waals surface area contributed by atoms with Crippen molar-refractivity contribution in [2.45, 2.75) is 12.6 Å². The van der Waals surface area contributed by atoms with Crippen LogP contribution in [0.3, 0.4) is 0 Å². The number of halogens is 3. The predicted octanol–water partition coefficient (Wildman–Crippen LogP) is 4.07. The summed E-state index contributed by atoms with van der Waals surface area (Å²) >= 11 is 0. The molecule has 2 amide bonds. The Bertz CT molecular complexity index is 627. The highest BCUT2D eigenvalue weighted by Gasteiger charge is 2.33. The van der Waals surface area contributed by atoms with Crippen LogP contribution in [0, 0.1) is 0 Å². The number of amides is 2. The largest absolute Gasteiger partial charge is 0.418 e. The van der Waals surface area contributed by atoms with Crippen molar-refractivity contribution >= 4 is 11.7 Å². The van der Waals surface area contributed by atoms with E-state index in [1.807, 2.05) is 30.3 Å². The summed E-state index contributed by atoms with van der Waals surface area (Å²) < 4.78 is 38.4. The number of nitrogens with one attached hydrogen (secondary N) is 2. The second-order valence-corrected chi connectivity index (χ2v) is 4.66. The minimum atomic E-state index is -4.51. The van der Waals surface area contributed by atoms with Crippen LogP contribution in [0.15, 0.2) is 54.6 Å². The first-order chi connectivity index (χ1) is 10.5. The van der Waals surface area contributed by atoms with Gasteiger partial charge >= 0.3 is 12.2 Å². The molecule has 6 heteroatoms. The first-order valence-electron chi connectivity index (χ1n) is 6.72. The average Bonchev–Trinajstić information content (AvgIpc) is 2.48. The van der Waals surface area contributed by atoms with Crippen LogP contribution in [0.5, 0.6) is 0 Å². The Morgan fingerprint density at radius 1 is 0.955 bits per heavy atom. The Morgan fingerprint density at radius 3 is 2.27 bits per heavy atom. The summed E-state index contributed by atoms with van der Waals surface area (Å²) in [7, 11) is 0. The van der Waals surface area contributed by atoms with E-state index in [1.54, 1.807) is 0 Å². The number of urea groups is 1. The molecular weight excluding hydrogens is 293 g/mol. The van der Waals surface area contributed by atoms with Gasteiger partial charge in [0, 0.05) is 6.54 Å². The molecular formula is C16H15F3N2O. The van der Waals surface area contributed by atoms with Crippen molar-refractivity contribution in [3.63, 3.8) is 0 Å². The van der Waals surface area contributed by atoms with Gasteiger partial charge in [0.05, 0.1) is 11.3 Å². The van der Waals surface area contributed by atoms with Crippen molar-refractivity contribution in [3.05, 3.63) is 65.7 Å². The average molecular weight is 308 g/mol. The van der Waals surface area contributed by atoms with Crippen molar-refractivity contribution in [2.75, 3.05) is 11.9 Å². The molecule has 2 N–H and O–H groups in total. The number of para-hydroxylation sites is 1. The van der Waals surface area contributed by atoms with E-state index >= 15 is 0 Å². The summed E-state index contributed by atoms with van der Waals surface area (Å²) in [4.78, 5) is 11.7. The monoisotopic (exact) mass is 308 g/mol. The summed E-state index contributed by atoms with van der Waals surface area (Å²) in [5, 5.41) is 4.77. The van der Waals surface area contributed by atoms with Crippen molar-refractivity contribution in [1.29, 1.82) is 0 Å². The van der Waals surface area contributed by atoms with Gasteiger partial charge in [-0.3, -0.25) is 0 Å². The Labute approximate surface area is 126 Å². The fraction of sp³-hybridized carbons (Fsp3) is 0.188. The maximum absolute atomic E-state index is 12.8. The maximum atomic E-state index is 12.8. The lowest BCUT2D eigenvalue weighted by Crippen LogP contribution is -2.31. The smallest absolute Gasteiger partial charge is 0.338 e.